The number of nitrogens with zero attached hydrogens (tertiary/aromatic N) is 1. The first-order valence-electron chi connectivity index (χ1n) is 5.37. The number of nitrogens with one attached hydrogen (secondary N) is 1. The predicted molar refractivity (Wildman–Crippen MR) is 71.3 cm³/mol. The van der Waals surface area contributed by atoms with Crippen molar-refractivity contribution in [1.82, 2.24) is 9.97 Å². The molecule has 0 bridgehead atoms. The highest BCUT2D eigenvalue weighted by molar-refractivity contribution is 6.36. The van der Waals surface area contributed by atoms with E-state index in [2.05, 4.69) is 9.97 Å². The molecular weight excluding hydrogens is 257 g/mol. The Labute approximate surface area is 110 Å². The zero-order chi connectivity index (χ0) is 12.4. The molecule has 3 nitrogen and oxygen atoms in total. The number of H-pyrrole nitrogens is 1. The van der Waals surface area contributed by atoms with Gasteiger partial charge in [-0.1, -0.05) is 30.1 Å². The van der Waals surface area contributed by atoms with E-state index in [-0.39, 0.29) is 6.04 Å². The lowest BCUT2D eigenvalue weighted by Crippen LogP contribution is -2.10. The molecule has 0 radical (unpaired) electrons. The summed E-state index contributed by atoms with van der Waals surface area (Å²) in [7, 11) is 0. The van der Waals surface area contributed by atoms with Crippen LogP contribution in [0, 0.1) is 0 Å². The number of aromatic amines is 1. The molecule has 0 aliphatic carbocycles. The van der Waals surface area contributed by atoms with Crippen LogP contribution < -0.4 is 5.73 Å². The van der Waals surface area contributed by atoms with E-state index in [0.29, 0.717) is 10.0 Å². The first kappa shape index (κ1) is 12.4. The highest BCUT2D eigenvalue weighted by atomic mass is 35.5. The largest absolute Gasteiger partial charge is 0.341 e. The zero-order valence-electron chi connectivity index (χ0n) is 9.37. The fourth-order valence-corrected chi connectivity index (χ4v) is 2.07. The molecule has 1 aromatic heterocycles. The Bertz CT molecular complexity index is 522. The van der Waals surface area contributed by atoms with Crippen LogP contribution in [0.1, 0.15) is 25.2 Å². The standard InChI is InChI=1S/C12H13Cl2N3/c1-2-10(15)12-16-6-11(17-12)8-4-3-7(13)5-9(8)14/h3-6,10H,2,15H2,1H3,(H,16,17). The molecule has 0 saturated carbocycles. The summed E-state index contributed by atoms with van der Waals surface area (Å²) in [6.45, 7) is 2.02. The van der Waals surface area contributed by atoms with Crippen molar-refractivity contribution in [3.8, 4) is 11.3 Å². The van der Waals surface area contributed by atoms with Crippen LogP contribution >= 0.6 is 23.2 Å². The third kappa shape index (κ3) is 2.63. The number of benzene rings is 1. The molecule has 1 unspecified atom stereocenters. The molecule has 1 atom stereocenters. The number of aromatic nitrogens is 2. The number of rotatable bonds is 3. The Morgan fingerprint density at radius 3 is 2.82 bits per heavy atom. The zero-order valence-corrected chi connectivity index (χ0v) is 10.9. The third-order valence-corrected chi connectivity index (χ3v) is 3.16. The Hall–Kier alpha value is -1.03. The van der Waals surface area contributed by atoms with Gasteiger partial charge in [0.1, 0.15) is 5.82 Å². The average Bonchev–Trinajstić information content (AvgIpc) is 2.77. The lowest BCUT2D eigenvalue weighted by atomic mass is 10.2. The molecule has 3 N–H and O–H groups in total. The summed E-state index contributed by atoms with van der Waals surface area (Å²) >= 11 is 12.0. The van der Waals surface area contributed by atoms with Gasteiger partial charge in [0.25, 0.3) is 0 Å². The van der Waals surface area contributed by atoms with Crippen LogP contribution in [0.4, 0.5) is 0 Å². The van der Waals surface area contributed by atoms with Crippen molar-refractivity contribution in [1.29, 1.82) is 0 Å². The molecule has 1 heterocycles. The maximum absolute atomic E-state index is 6.12. The molecule has 0 aliphatic rings. The summed E-state index contributed by atoms with van der Waals surface area (Å²) < 4.78 is 0. The van der Waals surface area contributed by atoms with Crippen molar-refractivity contribution >= 4 is 23.2 Å². The number of hydrogen-bond acceptors (Lipinski definition) is 2. The predicted octanol–water partition coefficient (Wildman–Crippen LogP) is 3.79. The summed E-state index contributed by atoms with van der Waals surface area (Å²) in [5.41, 5.74) is 7.63. The highest BCUT2D eigenvalue weighted by Gasteiger charge is 2.11. The number of hydrogen-bond donors (Lipinski definition) is 2. The van der Waals surface area contributed by atoms with E-state index in [0.717, 1.165) is 23.5 Å². The third-order valence-electron chi connectivity index (χ3n) is 2.61. The smallest absolute Gasteiger partial charge is 0.123 e. The SMILES string of the molecule is CCC(N)c1ncc(-c2ccc(Cl)cc2Cl)[nH]1. The summed E-state index contributed by atoms with van der Waals surface area (Å²) in [4.78, 5) is 7.43. The van der Waals surface area contributed by atoms with Gasteiger partial charge in [0.2, 0.25) is 0 Å². The fraction of sp³-hybridized carbons (Fsp3) is 0.250. The van der Waals surface area contributed by atoms with Crippen LogP contribution in [0.3, 0.4) is 0 Å². The minimum atomic E-state index is -0.0742. The molecule has 5 heteroatoms. The lowest BCUT2D eigenvalue weighted by Gasteiger charge is -2.04. The van der Waals surface area contributed by atoms with Gasteiger partial charge in [-0.25, -0.2) is 4.98 Å². The monoisotopic (exact) mass is 269 g/mol. The second-order valence-electron chi connectivity index (χ2n) is 3.82. The number of imidazole rings is 1. The van der Waals surface area contributed by atoms with Gasteiger partial charge in [0, 0.05) is 10.6 Å². The van der Waals surface area contributed by atoms with Crippen LogP contribution in [0.2, 0.25) is 10.0 Å². The fourth-order valence-electron chi connectivity index (χ4n) is 1.56. The van der Waals surface area contributed by atoms with Gasteiger partial charge >= 0.3 is 0 Å². The molecule has 0 amide bonds. The molecule has 2 aromatic rings. The normalized spacial score (nSPS) is 12.7. The van der Waals surface area contributed by atoms with E-state index < -0.39 is 0 Å². The molecule has 0 fully saturated rings. The molecule has 0 saturated heterocycles. The summed E-state index contributed by atoms with van der Waals surface area (Å²) in [5.74, 6) is 0.772. The van der Waals surface area contributed by atoms with Crippen molar-refractivity contribution in [3.63, 3.8) is 0 Å². The molecule has 0 aliphatic heterocycles. The lowest BCUT2D eigenvalue weighted by molar-refractivity contribution is 0.658. The van der Waals surface area contributed by atoms with Crippen molar-refractivity contribution < 1.29 is 0 Å². The second-order valence-corrected chi connectivity index (χ2v) is 4.66. The summed E-state index contributed by atoms with van der Waals surface area (Å²) in [6, 6.07) is 5.29. The molecule has 1 aromatic carbocycles. The Kier molecular flexibility index (Phi) is 3.72. The van der Waals surface area contributed by atoms with Crippen molar-refractivity contribution in [2.24, 2.45) is 5.73 Å². The number of nitrogens with two attached hydrogens (primary N) is 1. The minimum Gasteiger partial charge on any atom is -0.341 e. The van der Waals surface area contributed by atoms with Crippen LogP contribution in [0.25, 0.3) is 11.3 Å². The number of halogens is 2. The maximum atomic E-state index is 6.12. The van der Waals surface area contributed by atoms with Gasteiger partial charge in [0.05, 0.1) is 23.0 Å². The van der Waals surface area contributed by atoms with E-state index in [9.17, 15) is 0 Å². The van der Waals surface area contributed by atoms with Gasteiger partial charge in [0.15, 0.2) is 0 Å². The first-order valence-corrected chi connectivity index (χ1v) is 6.13. The molecular formula is C12H13Cl2N3. The van der Waals surface area contributed by atoms with Crippen molar-refractivity contribution in [3.05, 3.63) is 40.3 Å². The Morgan fingerprint density at radius 2 is 2.18 bits per heavy atom. The van der Waals surface area contributed by atoms with Gasteiger partial charge in [-0.2, -0.15) is 0 Å². The van der Waals surface area contributed by atoms with Crippen molar-refractivity contribution in [2.45, 2.75) is 19.4 Å². The van der Waals surface area contributed by atoms with E-state index in [1.165, 1.54) is 0 Å². The quantitative estimate of drug-likeness (QED) is 0.891. The van der Waals surface area contributed by atoms with Crippen LogP contribution in [-0.4, -0.2) is 9.97 Å². The summed E-state index contributed by atoms with van der Waals surface area (Å²) in [5, 5.41) is 1.21. The van der Waals surface area contributed by atoms with Gasteiger partial charge in [-0.3, -0.25) is 0 Å². The maximum Gasteiger partial charge on any atom is 0.123 e. The Balaban J connectivity index is 2.37. The van der Waals surface area contributed by atoms with Crippen LogP contribution in [0.15, 0.2) is 24.4 Å². The van der Waals surface area contributed by atoms with E-state index in [1.54, 1.807) is 18.3 Å². The van der Waals surface area contributed by atoms with Gasteiger partial charge in [-0.15, -0.1) is 0 Å². The van der Waals surface area contributed by atoms with Gasteiger partial charge in [-0.05, 0) is 24.6 Å². The highest BCUT2D eigenvalue weighted by Crippen LogP contribution is 2.29. The Morgan fingerprint density at radius 1 is 1.41 bits per heavy atom. The minimum absolute atomic E-state index is 0.0742. The van der Waals surface area contributed by atoms with E-state index >= 15 is 0 Å². The molecule has 90 valence electrons. The topological polar surface area (TPSA) is 54.7 Å². The summed E-state index contributed by atoms with van der Waals surface area (Å²) in [6.07, 6.45) is 2.57. The molecule has 2 rings (SSSR count). The van der Waals surface area contributed by atoms with E-state index in [4.69, 9.17) is 28.9 Å². The first-order chi connectivity index (χ1) is 8.11. The molecule has 17 heavy (non-hydrogen) atoms. The average molecular weight is 270 g/mol. The van der Waals surface area contributed by atoms with Crippen LogP contribution in [0.5, 0.6) is 0 Å². The second kappa shape index (κ2) is 5.08. The van der Waals surface area contributed by atoms with E-state index in [1.807, 2.05) is 13.0 Å². The van der Waals surface area contributed by atoms with Crippen LogP contribution in [-0.2, 0) is 0 Å². The molecule has 0 spiro atoms. The van der Waals surface area contributed by atoms with Gasteiger partial charge < -0.3 is 10.7 Å². The van der Waals surface area contributed by atoms with Crippen molar-refractivity contribution in [2.75, 3.05) is 0 Å².